The Kier molecular flexibility index (Phi) is 14.3. The van der Waals surface area contributed by atoms with Gasteiger partial charge in [0.2, 0.25) is 0 Å². The molecule has 0 aliphatic carbocycles. The smallest absolute Gasteiger partial charge is 0.374 e. The fraction of sp³-hybridized carbons (Fsp3) is 0.889. The first kappa shape index (κ1) is 21.8. The third-order valence-corrected chi connectivity index (χ3v) is 7.01. The Morgan fingerprint density at radius 2 is 1.18 bits per heavy atom. The summed E-state index contributed by atoms with van der Waals surface area (Å²) in [5, 5.41) is 0. The van der Waals surface area contributed by atoms with E-state index in [1.54, 1.807) is 0 Å². The maximum Gasteiger partial charge on any atom is 0.500 e. The molecule has 0 N–H and O–H groups in total. The molecule has 0 saturated carbocycles. The van der Waals surface area contributed by atoms with Gasteiger partial charge in [0, 0.05) is 25.9 Å². The number of unbranched alkanes of at least 4 members (excludes halogenated alkanes) is 5. The van der Waals surface area contributed by atoms with Crippen molar-refractivity contribution in [2.24, 2.45) is 0 Å². The molecular weight excluding hydrogens is 292 g/mol. The van der Waals surface area contributed by atoms with Crippen LogP contribution in [0.5, 0.6) is 0 Å². The van der Waals surface area contributed by atoms with Gasteiger partial charge in [0.25, 0.3) is 0 Å². The van der Waals surface area contributed by atoms with E-state index in [1.165, 1.54) is 44.1 Å². The first-order valence-electron chi connectivity index (χ1n) is 9.22. The summed E-state index contributed by atoms with van der Waals surface area (Å²) >= 11 is 0. The SMILES string of the molecule is C=C(CC)CCCCCCCC[Si](OCC)(OCC)OCC. The van der Waals surface area contributed by atoms with E-state index < -0.39 is 8.80 Å². The van der Waals surface area contributed by atoms with E-state index in [9.17, 15) is 0 Å². The second-order valence-electron chi connectivity index (χ2n) is 5.71. The van der Waals surface area contributed by atoms with E-state index in [4.69, 9.17) is 13.3 Å². The lowest BCUT2D eigenvalue weighted by atomic mass is 10.0. The molecule has 0 unspecified atom stereocenters. The van der Waals surface area contributed by atoms with Gasteiger partial charge >= 0.3 is 8.80 Å². The largest absolute Gasteiger partial charge is 0.500 e. The van der Waals surface area contributed by atoms with Crippen LogP contribution in [-0.4, -0.2) is 28.6 Å². The molecule has 0 aromatic heterocycles. The predicted octanol–water partition coefficient (Wildman–Crippen LogP) is 5.73. The highest BCUT2D eigenvalue weighted by Gasteiger charge is 2.39. The minimum Gasteiger partial charge on any atom is -0.374 e. The standard InChI is InChI=1S/C18H38O3Si/c1-6-18(5)16-14-12-10-11-13-15-17-22(19-7-2,20-8-3)21-9-4/h5-17H2,1-4H3. The molecule has 0 aliphatic heterocycles. The van der Waals surface area contributed by atoms with E-state index in [0.717, 1.165) is 18.9 Å². The van der Waals surface area contributed by atoms with Crippen molar-refractivity contribution >= 4 is 8.80 Å². The van der Waals surface area contributed by atoms with Gasteiger partial charge in [0.05, 0.1) is 0 Å². The Labute approximate surface area is 139 Å². The van der Waals surface area contributed by atoms with Gasteiger partial charge in [-0.3, -0.25) is 0 Å². The zero-order chi connectivity index (χ0) is 16.7. The lowest BCUT2D eigenvalue weighted by Gasteiger charge is -2.28. The zero-order valence-corrected chi connectivity index (χ0v) is 16.4. The fourth-order valence-electron chi connectivity index (χ4n) is 2.60. The van der Waals surface area contributed by atoms with Gasteiger partial charge in [0.1, 0.15) is 0 Å². The van der Waals surface area contributed by atoms with Gasteiger partial charge in [-0.05, 0) is 46.5 Å². The molecule has 0 aromatic rings. The predicted molar refractivity (Wildman–Crippen MR) is 97.2 cm³/mol. The molecular formula is C18H38O3Si. The summed E-state index contributed by atoms with van der Waals surface area (Å²) in [7, 11) is -2.40. The molecule has 0 fully saturated rings. The average molecular weight is 331 g/mol. The summed E-state index contributed by atoms with van der Waals surface area (Å²) in [5.41, 5.74) is 1.39. The molecule has 0 amide bonds. The van der Waals surface area contributed by atoms with Gasteiger partial charge in [-0.1, -0.05) is 44.8 Å². The van der Waals surface area contributed by atoms with Crippen molar-refractivity contribution in [3.63, 3.8) is 0 Å². The second kappa shape index (κ2) is 14.4. The third kappa shape index (κ3) is 10.5. The molecule has 0 spiro atoms. The highest BCUT2D eigenvalue weighted by molar-refractivity contribution is 6.60. The van der Waals surface area contributed by atoms with Crippen molar-refractivity contribution in [3.05, 3.63) is 12.2 Å². The molecule has 0 aliphatic rings. The van der Waals surface area contributed by atoms with Crippen LogP contribution in [0.3, 0.4) is 0 Å². The Balaban J connectivity index is 3.81. The van der Waals surface area contributed by atoms with E-state index in [0.29, 0.717) is 19.8 Å². The molecule has 0 rings (SSSR count). The molecule has 0 bridgehead atoms. The van der Waals surface area contributed by atoms with Crippen LogP contribution in [0.15, 0.2) is 12.2 Å². The van der Waals surface area contributed by atoms with Crippen LogP contribution in [0.4, 0.5) is 0 Å². The molecule has 0 saturated heterocycles. The first-order valence-corrected chi connectivity index (χ1v) is 11.2. The summed E-state index contributed by atoms with van der Waals surface area (Å²) in [6, 6.07) is 0.954. The molecule has 0 atom stereocenters. The topological polar surface area (TPSA) is 27.7 Å². The van der Waals surface area contributed by atoms with Crippen LogP contribution in [-0.2, 0) is 13.3 Å². The van der Waals surface area contributed by atoms with Crippen LogP contribution < -0.4 is 0 Å². The quantitative estimate of drug-likeness (QED) is 0.205. The highest BCUT2D eigenvalue weighted by atomic mass is 28.4. The molecule has 132 valence electrons. The lowest BCUT2D eigenvalue weighted by Crippen LogP contribution is -2.45. The van der Waals surface area contributed by atoms with E-state index in [1.807, 2.05) is 20.8 Å². The Bertz CT molecular complexity index is 252. The summed E-state index contributed by atoms with van der Waals surface area (Å²) in [4.78, 5) is 0. The van der Waals surface area contributed by atoms with Gasteiger partial charge in [-0.15, -0.1) is 0 Å². The normalized spacial score (nSPS) is 11.8. The van der Waals surface area contributed by atoms with Gasteiger partial charge in [-0.2, -0.15) is 0 Å². The zero-order valence-electron chi connectivity index (χ0n) is 15.4. The summed E-state index contributed by atoms with van der Waals surface area (Å²) in [6.45, 7) is 14.3. The summed E-state index contributed by atoms with van der Waals surface area (Å²) in [6.07, 6.45) is 9.96. The highest BCUT2D eigenvalue weighted by Crippen LogP contribution is 2.21. The van der Waals surface area contributed by atoms with Gasteiger partial charge < -0.3 is 13.3 Å². The van der Waals surface area contributed by atoms with Crippen molar-refractivity contribution in [1.29, 1.82) is 0 Å². The van der Waals surface area contributed by atoms with Gasteiger partial charge in [-0.25, -0.2) is 0 Å². The number of hydrogen-bond acceptors (Lipinski definition) is 3. The van der Waals surface area contributed by atoms with Crippen LogP contribution >= 0.6 is 0 Å². The Morgan fingerprint density at radius 3 is 1.64 bits per heavy atom. The second-order valence-corrected chi connectivity index (χ2v) is 8.44. The van der Waals surface area contributed by atoms with Crippen molar-refractivity contribution in [1.82, 2.24) is 0 Å². The van der Waals surface area contributed by atoms with Crippen molar-refractivity contribution in [2.75, 3.05) is 19.8 Å². The Morgan fingerprint density at radius 1 is 0.727 bits per heavy atom. The third-order valence-electron chi connectivity index (χ3n) is 3.86. The van der Waals surface area contributed by atoms with Crippen molar-refractivity contribution in [3.8, 4) is 0 Å². The number of rotatable bonds is 16. The number of allylic oxidation sites excluding steroid dienone is 1. The minimum atomic E-state index is -2.40. The Hall–Kier alpha value is -0.163. The maximum absolute atomic E-state index is 5.88. The van der Waals surface area contributed by atoms with Crippen LogP contribution in [0.25, 0.3) is 0 Å². The van der Waals surface area contributed by atoms with E-state index in [2.05, 4.69) is 13.5 Å². The number of hydrogen-bond donors (Lipinski definition) is 0. The molecule has 0 heterocycles. The molecule has 22 heavy (non-hydrogen) atoms. The molecule has 3 nitrogen and oxygen atoms in total. The summed E-state index contributed by atoms with van der Waals surface area (Å²) in [5.74, 6) is 0. The van der Waals surface area contributed by atoms with Crippen molar-refractivity contribution < 1.29 is 13.3 Å². The van der Waals surface area contributed by atoms with E-state index in [-0.39, 0.29) is 0 Å². The maximum atomic E-state index is 5.88. The molecule has 4 heteroatoms. The summed E-state index contributed by atoms with van der Waals surface area (Å²) < 4.78 is 17.6. The average Bonchev–Trinajstić information content (AvgIpc) is 2.50. The fourth-order valence-corrected chi connectivity index (χ4v) is 5.29. The molecule has 0 aromatic carbocycles. The monoisotopic (exact) mass is 330 g/mol. The van der Waals surface area contributed by atoms with E-state index >= 15 is 0 Å². The van der Waals surface area contributed by atoms with Gasteiger partial charge in [0.15, 0.2) is 0 Å². The lowest BCUT2D eigenvalue weighted by molar-refractivity contribution is 0.0706. The minimum absolute atomic E-state index is 0.674. The van der Waals surface area contributed by atoms with Crippen LogP contribution in [0.1, 0.15) is 79.1 Å². The van der Waals surface area contributed by atoms with Crippen LogP contribution in [0.2, 0.25) is 6.04 Å². The van der Waals surface area contributed by atoms with Crippen molar-refractivity contribution in [2.45, 2.75) is 85.1 Å². The first-order chi connectivity index (χ1) is 10.6. The van der Waals surface area contributed by atoms with Crippen LogP contribution in [0, 0.1) is 0 Å². The molecule has 0 radical (unpaired) electrons.